The molecule has 1 fully saturated rings. The van der Waals surface area contributed by atoms with Gasteiger partial charge in [-0.05, 0) is 61.4 Å². The molecule has 3 heteroatoms. The van der Waals surface area contributed by atoms with Crippen LogP contribution in [0.5, 0.6) is 0 Å². The molecular formula is C14H27IOSi. The number of rotatable bonds is 6. The van der Waals surface area contributed by atoms with Crippen LogP contribution in [0.3, 0.4) is 0 Å². The first-order chi connectivity index (χ1) is 7.93. The first kappa shape index (κ1) is 15.7. The van der Waals surface area contributed by atoms with E-state index in [1.165, 1.54) is 38.5 Å². The fourth-order valence-corrected chi connectivity index (χ4v) is 5.06. The molecule has 1 saturated carbocycles. The van der Waals surface area contributed by atoms with E-state index in [-0.39, 0.29) is 5.60 Å². The Morgan fingerprint density at radius 2 is 2.12 bits per heavy atom. The van der Waals surface area contributed by atoms with E-state index in [0.717, 1.165) is 5.92 Å². The van der Waals surface area contributed by atoms with Crippen LogP contribution < -0.4 is 0 Å². The molecule has 0 aliphatic heterocycles. The summed E-state index contributed by atoms with van der Waals surface area (Å²) >= 11 is 2.34. The molecule has 0 aromatic rings. The van der Waals surface area contributed by atoms with Crippen LogP contribution in [-0.4, -0.2) is 13.9 Å². The van der Waals surface area contributed by atoms with E-state index < -0.39 is 8.32 Å². The molecule has 0 amide bonds. The Kier molecular flexibility index (Phi) is 6.20. The van der Waals surface area contributed by atoms with Crippen molar-refractivity contribution in [2.45, 2.75) is 70.7 Å². The van der Waals surface area contributed by atoms with Gasteiger partial charge < -0.3 is 4.43 Å². The zero-order valence-electron chi connectivity index (χ0n) is 11.8. The summed E-state index contributed by atoms with van der Waals surface area (Å²) in [6, 6.07) is 0. The molecule has 17 heavy (non-hydrogen) atoms. The molecule has 0 spiro atoms. The van der Waals surface area contributed by atoms with Crippen LogP contribution in [-0.2, 0) is 4.43 Å². The maximum absolute atomic E-state index is 6.58. The van der Waals surface area contributed by atoms with E-state index in [1.807, 2.05) is 0 Å². The second-order valence-corrected chi connectivity index (χ2v) is 11.3. The van der Waals surface area contributed by atoms with Crippen LogP contribution in [0.25, 0.3) is 0 Å². The van der Waals surface area contributed by atoms with Gasteiger partial charge in [-0.25, -0.2) is 0 Å². The normalized spacial score (nSPS) is 30.3. The van der Waals surface area contributed by atoms with Gasteiger partial charge in [0.25, 0.3) is 0 Å². The Bertz CT molecular complexity index is 259. The molecule has 2 unspecified atom stereocenters. The summed E-state index contributed by atoms with van der Waals surface area (Å²) in [5.41, 5.74) is 0.0703. The maximum atomic E-state index is 6.58. The lowest BCUT2D eigenvalue weighted by atomic mass is 9.87. The topological polar surface area (TPSA) is 9.23 Å². The Labute approximate surface area is 122 Å². The molecule has 0 bridgehead atoms. The second-order valence-electron chi connectivity index (χ2n) is 6.19. The summed E-state index contributed by atoms with van der Waals surface area (Å²) in [5.74, 6) is 0.750. The monoisotopic (exact) mass is 366 g/mol. The van der Waals surface area contributed by atoms with Crippen LogP contribution in [0.15, 0.2) is 10.2 Å². The zero-order chi connectivity index (χ0) is 12.9. The first-order valence-electron chi connectivity index (χ1n) is 6.91. The van der Waals surface area contributed by atoms with Crippen molar-refractivity contribution in [3.05, 3.63) is 10.2 Å². The summed E-state index contributed by atoms with van der Waals surface area (Å²) in [4.78, 5) is 0. The van der Waals surface area contributed by atoms with Gasteiger partial charge in [-0.3, -0.25) is 0 Å². The molecule has 0 heterocycles. The summed E-state index contributed by atoms with van der Waals surface area (Å²) in [5, 5.41) is 0. The molecule has 0 aromatic carbocycles. The van der Waals surface area contributed by atoms with E-state index in [2.05, 4.69) is 59.3 Å². The highest BCUT2D eigenvalue weighted by Crippen LogP contribution is 2.44. The molecule has 1 nitrogen and oxygen atoms in total. The molecule has 1 aliphatic rings. The highest BCUT2D eigenvalue weighted by Gasteiger charge is 2.43. The number of halogens is 1. The molecule has 0 aromatic heterocycles. The predicted octanol–water partition coefficient (Wildman–Crippen LogP) is 5.52. The average molecular weight is 366 g/mol. The third kappa shape index (κ3) is 4.67. The SMILES string of the molecule is CCCCC1CCCC1(/C=C/I)O[Si](C)(C)C. The van der Waals surface area contributed by atoms with E-state index in [0.29, 0.717) is 0 Å². The van der Waals surface area contributed by atoms with Crippen molar-refractivity contribution < 1.29 is 4.43 Å². The van der Waals surface area contributed by atoms with Crippen molar-refractivity contribution >= 4 is 30.9 Å². The molecule has 1 aliphatic carbocycles. The lowest BCUT2D eigenvalue weighted by Gasteiger charge is -2.38. The van der Waals surface area contributed by atoms with E-state index in [9.17, 15) is 0 Å². The van der Waals surface area contributed by atoms with Crippen LogP contribution >= 0.6 is 22.6 Å². The highest BCUT2D eigenvalue weighted by atomic mass is 127. The van der Waals surface area contributed by atoms with Gasteiger partial charge in [-0.1, -0.05) is 42.4 Å². The van der Waals surface area contributed by atoms with Gasteiger partial charge >= 0.3 is 0 Å². The fraction of sp³-hybridized carbons (Fsp3) is 0.857. The van der Waals surface area contributed by atoms with E-state index >= 15 is 0 Å². The van der Waals surface area contributed by atoms with Crippen LogP contribution in [0.2, 0.25) is 19.6 Å². The van der Waals surface area contributed by atoms with Crippen molar-refractivity contribution in [2.75, 3.05) is 0 Å². The van der Waals surface area contributed by atoms with Gasteiger partial charge in [0.2, 0.25) is 0 Å². The van der Waals surface area contributed by atoms with Crippen LogP contribution in [0.4, 0.5) is 0 Å². The average Bonchev–Trinajstić information content (AvgIpc) is 2.56. The fourth-order valence-electron chi connectivity index (χ4n) is 2.98. The largest absolute Gasteiger partial charge is 0.408 e. The van der Waals surface area contributed by atoms with Crippen molar-refractivity contribution in [1.82, 2.24) is 0 Å². The molecule has 0 radical (unpaired) electrons. The molecule has 0 N–H and O–H groups in total. The van der Waals surface area contributed by atoms with E-state index in [4.69, 9.17) is 4.43 Å². The molecule has 1 rings (SSSR count). The smallest absolute Gasteiger partial charge is 0.184 e. The van der Waals surface area contributed by atoms with Crippen LogP contribution in [0.1, 0.15) is 45.4 Å². The van der Waals surface area contributed by atoms with Crippen molar-refractivity contribution in [3.63, 3.8) is 0 Å². The van der Waals surface area contributed by atoms with E-state index in [1.54, 1.807) is 0 Å². The highest BCUT2D eigenvalue weighted by molar-refractivity contribution is 14.1. The third-order valence-corrected chi connectivity index (χ3v) is 4.91. The Hall–Kier alpha value is 0.647. The number of hydrogen-bond donors (Lipinski definition) is 0. The van der Waals surface area contributed by atoms with Crippen molar-refractivity contribution in [3.8, 4) is 0 Å². The summed E-state index contributed by atoms with van der Waals surface area (Å²) < 4.78 is 8.75. The standard InChI is InChI=1S/C14H27IOSi/c1-5-6-8-13-9-7-10-14(13,11-12-15)16-17(2,3)4/h11-13H,5-10H2,1-4H3/b12-11+. The minimum absolute atomic E-state index is 0.0703. The third-order valence-electron chi connectivity index (χ3n) is 3.56. The minimum Gasteiger partial charge on any atom is -0.408 e. The van der Waals surface area contributed by atoms with Gasteiger partial charge in [-0.2, -0.15) is 0 Å². The van der Waals surface area contributed by atoms with Crippen LogP contribution in [0, 0.1) is 5.92 Å². The van der Waals surface area contributed by atoms with Gasteiger partial charge in [0.1, 0.15) is 0 Å². The lowest BCUT2D eigenvalue weighted by Crippen LogP contribution is -2.44. The van der Waals surface area contributed by atoms with Gasteiger partial charge in [0.05, 0.1) is 5.60 Å². The Balaban J connectivity index is 2.81. The lowest BCUT2D eigenvalue weighted by molar-refractivity contribution is 0.0655. The quantitative estimate of drug-likeness (QED) is 0.445. The van der Waals surface area contributed by atoms with Crippen molar-refractivity contribution in [2.24, 2.45) is 5.92 Å². The number of hydrogen-bond acceptors (Lipinski definition) is 1. The van der Waals surface area contributed by atoms with Gasteiger partial charge in [-0.15, -0.1) is 0 Å². The maximum Gasteiger partial charge on any atom is 0.184 e. The van der Waals surface area contributed by atoms with Crippen molar-refractivity contribution in [1.29, 1.82) is 0 Å². The molecule has 2 atom stereocenters. The minimum atomic E-state index is -1.47. The zero-order valence-corrected chi connectivity index (χ0v) is 14.9. The van der Waals surface area contributed by atoms with Gasteiger partial charge in [0.15, 0.2) is 8.32 Å². The molecule has 100 valence electrons. The Morgan fingerprint density at radius 1 is 1.41 bits per heavy atom. The predicted molar refractivity (Wildman–Crippen MR) is 87.2 cm³/mol. The second kappa shape index (κ2) is 6.71. The molecular weight excluding hydrogens is 339 g/mol. The summed E-state index contributed by atoms with van der Waals surface area (Å²) in [7, 11) is -1.47. The summed E-state index contributed by atoms with van der Waals surface area (Å²) in [6.45, 7) is 9.21. The van der Waals surface area contributed by atoms with Gasteiger partial charge in [0, 0.05) is 0 Å². The Morgan fingerprint density at radius 3 is 2.65 bits per heavy atom. The summed E-state index contributed by atoms with van der Waals surface area (Å²) in [6.07, 6.45) is 10.2. The first-order valence-corrected chi connectivity index (χ1v) is 11.6. The number of unbranched alkanes of at least 4 members (excludes halogenated alkanes) is 1. The molecule has 0 saturated heterocycles.